The highest BCUT2D eigenvalue weighted by Gasteiger charge is 2.26. The number of hydrogen-bond acceptors (Lipinski definition) is 4. The molecule has 0 saturated heterocycles. The predicted molar refractivity (Wildman–Crippen MR) is 91.3 cm³/mol. The van der Waals surface area contributed by atoms with Gasteiger partial charge in [0, 0.05) is 16.5 Å². The zero-order valence-corrected chi connectivity index (χ0v) is 14.3. The van der Waals surface area contributed by atoms with Crippen LogP contribution in [-0.2, 0) is 10.0 Å². The van der Waals surface area contributed by atoms with Crippen LogP contribution in [0, 0.1) is 0 Å². The maximum atomic E-state index is 12.7. The molecule has 0 amide bonds. The van der Waals surface area contributed by atoms with E-state index in [2.05, 4.69) is 4.72 Å². The summed E-state index contributed by atoms with van der Waals surface area (Å²) in [6.45, 7) is 1.42. The van der Waals surface area contributed by atoms with Crippen LogP contribution < -0.4 is 4.72 Å². The van der Waals surface area contributed by atoms with E-state index >= 15 is 0 Å². The molecule has 0 saturated carbocycles. The third kappa shape index (κ3) is 3.49. The Morgan fingerprint density at radius 3 is 2.74 bits per heavy atom. The van der Waals surface area contributed by atoms with Gasteiger partial charge >= 0.3 is 0 Å². The van der Waals surface area contributed by atoms with Crippen molar-refractivity contribution in [2.24, 2.45) is 0 Å². The van der Waals surface area contributed by atoms with Gasteiger partial charge in [0.2, 0.25) is 10.0 Å². The molecule has 0 aromatic heterocycles. The van der Waals surface area contributed by atoms with Crippen molar-refractivity contribution in [3.05, 3.63) is 59.7 Å². The molecule has 1 N–H and O–H groups in total. The molecule has 0 radical (unpaired) electrons. The Morgan fingerprint density at radius 1 is 1.17 bits per heavy atom. The van der Waals surface area contributed by atoms with Crippen LogP contribution in [0.2, 0.25) is 0 Å². The largest absolute Gasteiger partial charge is 0.295 e. The number of fused-ring (bicyclic) bond motifs is 1. The molecule has 120 valence electrons. The number of Topliss-reactive ketones (excluding diaryl/α,β-unsaturated/α-hetero) is 1. The van der Waals surface area contributed by atoms with E-state index in [0.717, 1.165) is 22.6 Å². The van der Waals surface area contributed by atoms with Gasteiger partial charge in [0.15, 0.2) is 5.78 Å². The molecule has 6 heteroatoms. The van der Waals surface area contributed by atoms with Crippen LogP contribution in [0.4, 0.5) is 0 Å². The fourth-order valence-electron chi connectivity index (χ4n) is 2.60. The highest BCUT2D eigenvalue weighted by atomic mass is 32.2. The van der Waals surface area contributed by atoms with Gasteiger partial charge in [0.05, 0.1) is 4.90 Å². The van der Waals surface area contributed by atoms with Crippen molar-refractivity contribution >= 4 is 27.6 Å². The lowest BCUT2D eigenvalue weighted by Crippen LogP contribution is -2.30. The van der Waals surface area contributed by atoms with Crippen LogP contribution in [0.1, 0.15) is 35.3 Å². The zero-order chi connectivity index (χ0) is 16.4. The Bertz CT molecular complexity index is 846. The zero-order valence-electron chi connectivity index (χ0n) is 12.7. The molecule has 2 aromatic carbocycles. The summed E-state index contributed by atoms with van der Waals surface area (Å²) in [4.78, 5) is 12.7. The summed E-state index contributed by atoms with van der Waals surface area (Å²) < 4.78 is 28.1. The number of sulfonamides is 1. The van der Waals surface area contributed by atoms with Crippen molar-refractivity contribution in [1.29, 1.82) is 0 Å². The number of ketones is 1. The van der Waals surface area contributed by atoms with Gasteiger partial charge in [-0.25, -0.2) is 13.1 Å². The fraction of sp³-hybridized carbons (Fsp3) is 0.235. The first kappa shape index (κ1) is 16.2. The average Bonchev–Trinajstić information content (AvgIpc) is 2.55. The molecule has 0 fully saturated rings. The molecule has 0 bridgehead atoms. The first-order valence-electron chi connectivity index (χ1n) is 7.32. The highest BCUT2D eigenvalue weighted by molar-refractivity contribution is 7.99. The van der Waals surface area contributed by atoms with Gasteiger partial charge in [-0.2, -0.15) is 0 Å². The van der Waals surface area contributed by atoms with Crippen molar-refractivity contribution in [1.82, 2.24) is 4.72 Å². The number of benzene rings is 2. The maximum Gasteiger partial charge on any atom is 0.241 e. The van der Waals surface area contributed by atoms with E-state index in [9.17, 15) is 13.2 Å². The summed E-state index contributed by atoms with van der Waals surface area (Å²) in [5, 5.41) is 0. The Balaban J connectivity index is 1.91. The van der Waals surface area contributed by atoms with Gasteiger partial charge in [-0.1, -0.05) is 30.3 Å². The van der Waals surface area contributed by atoms with Gasteiger partial charge in [-0.05, 0) is 42.9 Å². The molecule has 1 aliphatic rings. The van der Waals surface area contributed by atoms with Crippen molar-refractivity contribution in [2.75, 3.05) is 5.75 Å². The average molecular weight is 347 g/mol. The summed E-state index contributed by atoms with van der Waals surface area (Å²) in [5.41, 5.74) is 1.41. The molecule has 1 heterocycles. The van der Waals surface area contributed by atoms with E-state index in [1.165, 1.54) is 19.1 Å². The van der Waals surface area contributed by atoms with Crippen molar-refractivity contribution < 1.29 is 13.2 Å². The Labute approximate surface area is 140 Å². The summed E-state index contributed by atoms with van der Waals surface area (Å²) >= 11 is 1.74. The Morgan fingerprint density at radius 2 is 1.96 bits per heavy atom. The smallest absolute Gasteiger partial charge is 0.241 e. The van der Waals surface area contributed by atoms with E-state index in [1.807, 2.05) is 24.3 Å². The number of thioether (sulfide) groups is 1. The number of carbonyl (C=O) groups excluding carboxylic acids is 1. The number of rotatable bonds is 4. The molecule has 2 aromatic rings. The van der Waals surface area contributed by atoms with E-state index in [0.29, 0.717) is 5.56 Å². The minimum atomic E-state index is -3.67. The Hall–Kier alpha value is -1.63. The van der Waals surface area contributed by atoms with Crippen molar-refractivity contribution in [3.63, 3.8) is 0 Å². The maximum absolute atomic E-state index is 12.7. The van der Waals surface area contributed by atoms with Crippen LogP contribution in [0.3, 0.4) is 0 Å². The van der Waals surface area contributed by atoms with Crippen LogP contribution in [0.15, 0.2) is 58.3 Å². The van der Waals surface area contributed by atoms with Crippen LogP contribution in [0.5, 0.6) is 0 Å². The molecule has 3 rings (SSSR count). The summed E-state index contributed by atoms with van der Waals surface area (Å²) in [5.74, 6) is 0.721. The standard InChI is InChI=1S/C17H17NO3S2/c1-12(19)13-5-4-6-14(11-13)23(20,21)18-16-9-10-22-17-8-3-2-7-15(16)17/h2-8,11,16,18H,9-10H2,1H3/t16-/m0/s1. The molecular formula is C17H17NO3S2. The van der Waals surface area contributed by atoms with Gasteiger partial charge in [-0.15, -0.1) is 11.8 Å². The van der Waals surface area contributed by atoms with E-state index in [1.54, 1.807) is 23.9 Å². The highest BCUT2D eigenvalue weighted by Crippen LogP contribution is 2.36. The Kier molecular flexibility index (Phi) is 4.57. The molecule has 0 unspecified atom stereocenters. The lowest BCUT2D eigenvalue weighted by Gasteiger charge is -2.25. The van der Waals surface area contributed by atoms with Gasteiger partial charge in [0.1, 0.15) is 0 Å². The van der Waals surface area contributed by atoms with E-state index < -0.39 is 10.0 Å². The minimum Gasteiger partial charge on any atom is -0.295 e. The minimum absolute atomic E-state index is 0.126. The number of hydrogen-bond donors (Lipinski definition) is 1. The predicted octanol–water partition coefficient (Wildman–Crippen LogP) is 3.40. The van der Waals surface area contributed by atoms with Gasteiger partial charge in [-0.3, -0.25) is 4.79 Å². The first-order valence-corrected chi connectivity index (χ1v) is 9.79. The summed E-state index contributed by atoms with van der Waals surface area (Å²) in [6.07, 6.45) is 0.743. The second-order valence-electron chi connectivity index (χ2n) is 5.43. The molecule has 1 atom stereocenters. The van der Waals surface area contributed by atoms with Gasteiger partial charge < -0.3 is 0 Å². The second-order valence-corrected chi connectivity index (χ2v) is 8.28. The molecule has 0 aliphatic carbocycles. The quantitative estimate of drug-likeness (QED) is 0.861. The lowest BCUT2D eigenvalue weighted by atomic mass is 10.1. The van der Waals surface area contributed by atoms with Crippen molar-refractivity contribution in [2.45, 2.75) is 29.2 Å². The summed E-state index contributed by atoms with van der Waals surface area (Å²) in [7, 11) is -3.67. The van der Waals surface area contributed by atoms with Crippen molar-refractivity contribution in [3.8, 4) is 0 Å². The molecule has 4 nitrogen and oxygen atoms in total. The molecule has 0 spiro atoms. The number of carbonyl (C=O) groups is 1. The monoisotopic (exact) mass is 347 g/mol. The molecular weight excluding hydrogens is 330 g/mol. The normalized spacial score (nSPS) is 17.5. The summed E-state index contributed by atoms with van der Waals surface area (Å²) in [6, 6.07) is 13.8. The van der Waals surface area contributed by atoms with Crippen LogP contribution in [-0.4, -0.2) is 20.0 Å². The topological polar surface area (TPSA) is 63.2 Å². The SMILES string of the molecule is CC(=O)c1cccc(S(=O)(=O)N[C@H]2CCSc3ccccc32)c1. The number of nitrogens with one attached hydrogen (secondary N) is 1. The lowest BCUT2D eigenvalue weighted by molar-refractivity contribution is 0.101. The second kappa shape index (κ2) is 6.47. The van der Waals surface area contributed by atoms with Gasteiger partial charge in [0.25, 0.3) is 0 Å². The fourth-order valence-corrected chi connectivity index (χ4v) is 5.02. The van der Waals surface area contributed by atoms with E-state index in [4.69, 9.17) is 0 Å². The molecule has 23 heavy (non-hydrogen) atoms. The third-order valence-electron chi connectivity index (χ3n) is 3.81. The van der Waals surface area contributed by atoms with Crippen LogP contribution >= 0.6 is 11.8 Å². The van der Waals surface area contributed by atoms with E-state index in [-0.39, 0.29) is 16.7 Å². The molecule has 1 aliphatic heterocycles. The third-order valence-corrected chi connectivity index (χ3v) is 6.40. The van der Waals surface area contributed by atoms with Crippen LogP contribution in [0.25, 0.3) is 0 Å². The first-order chi connectivity index (χ1) is 11.0.